The van der Waals surface area contributed by atoms with Gasteiger partial charge >= 0.3 is 0 Å². The molecule has 0 spiro atoms. The SMILES string of the molecule is CC(C)(O)c1cc(Cl)c(Cl)cc1Cl. The quantitative estimate of drug-likeness (QED) is 0.738. The molecule has 0 aliphatic rings. The normalized spacial score (nSPS) is 11.8. The summed E-state index contributed by atoms with van der Waals surface area (Å²) in [6.07, 6.45) is 0. The van der Waals surface area contributed by atoms with Gasteiger partial charge in [0.2, 0.25) is 0 Å². The highest BCUT2D eigenvalue weighted by Gasteiger charge is 2.20. The minimum Gasteiger partial charge on any atom is -0.386 e. The van der Waals surface area contributed by atoms with Gasteiger partial charge in [-0.2, -0.15) is 0 Å². The topological polar surface area (TPSA) is 20.2 Å². The summed E-state index contributed by atoms with van der Waals surface area (Å²) in [5, 5.41) is 10.9. The van der Waals surface area contributed by atoms with Crippen molar-refractivity contribution in [3.63, 3.8) is 0 Å². The van der Waals surface area contributed by atoms with E-state index in [9.17, 15) is 5.11 Å². The molecule has 13 heavy (non-hydrogen) atoms. The van der Waals surface area contributed by atoms with Crippen molar-refractivity contribution in [1.29, 1.82) is 0 Å². The van der Waals surface area contributed by atoms with Gasteiger partial charge < -0.3 is 5.11 Å². The van der Waals surface area contributed by atoms with Gasteiger partial charge in [-0.05, 0) is 26.0 Å². The summed E-state index contributed by atoms with van der Waals surface area (Å²) in [5.74, 6) is 0. The fourth-order valence-corrected chi connectivity index (χ4v) is 1.77. The van der Waals surface area contributed by atoms with Gasteiger partial charge in [0.1, 0.15) is 0 Å². The molecule has 1 aromatic carbocycles. The number of hydrogen-bond acceptors (Lipinski definition) is 1. The van der Waals surface area contributed by atoms with E-state index >= 15 is 0 Å². The van der Waals surface area contributed by atoms with Crippen LogP contribution < -0.4 is 0 Å². The van der Waals surface area contributed by atoms with Gasteiger partial charge in [-0.3, -0.25) is 0 Å². The lowest BCUT2D eigenvalue weighted by molar-refractivity contribution is 0.0787. The van der Waals surface area contributed by atoms with Crippen LogP contribution >= 0.6 is 34.8 Å². The molecule has 72 valence electrons. The first kappa shape index (κ1) is 11.1. The van der Waals surface area contributed by atoms with E-state index in [2.05, 4.69) is 0 Å². The summed E-state index contributed by atoms with van der Waals surface area (Å²) in [4.78, 5) is 0. The van der Waals surface area contributed by atoms with Crippen molar-refractivity contribution in [2.45, 2.75) is 19.4 Å². The molecule has 0 atom stereocenters. The molecule has 1 rings (SSSR count). The Morgan fingerprint density at radius 1 is 1.00 bits per heavy atom. The highest BCUT2D eigenvalue weighted by atomic mass is 35.5. The van der Waals surface area contributed by atoms with E-state index in [1.165, 1.54) is 6.07 Å². The Labute approximate surface area is 92.2 Å². The van der Waals surface area contributed by atoms with Crippen molar-refractivity contribution in [2.75, 3.05) is 0 Å². The maximum Gasteiger partial charge on any atom is 0.0855 e. The second-order valence-electron chi connectivity index (χ2n) is 3.31. The van der Waals surface area contributed by atoms with E-state index in [4.69, 9.17) is 34.8 Å². The zero-order chi connectivity index (χ0) is 10.2. The van der Waals surface area contributed by atoms with Crippen molar-refractivity contribution in [3.8, 4) is 0 Å². The summed E-state index contributed by atoms with van der Waals surface area (Å²) in [7, 11) is 0. The van der Waals surface area contributed by atoms with Crippen LogP contribution in [-0.2, 0) is 5.60 Å². The van der Waals surface area contributed by atoms with Crippen LogP contribution in [0.1, 0.15) is 19.4 Å². The van der Waals surface area contributed by atoms with Crippen LogP contribution in [0.15, 0.2) is 12.1 Å². The molecule has 1 N–H and O–H groups in total. The lowest BCUT2D eigenvalue weighted by atomic mass is 9.99. The Morgan fingerprint density at radius 2 is 1.46 bits per heavy atom. The molecule has 0 aromatic heterocycles. The Hall–Kier alpha value is 0.0500. The van der Waals surface area contributed by atoms with E-state index < -0.39 is 5.60 Å². The number of rotatable bonds is 1. The molecule has 0 bridgehead atoms. The maximum atomic E-state index is 9.70. The first-order valence-corrected chi connectivity index (χ1v) is 4.83. The fraction of sp³-hybridized carbons (Fsp3) is 0.333. The van der Waals surface area contributed by atoms with Gasteiger partial charge in [0.15, 0.2) is 0 Å². The fourth-order valence-electron chi connectivity index (χ4n) is 0.991. The second kappa shape index (κ2) is 3.66. The number of aliphatic hydroxyl groups is 1. The molecule has 1 nitrogen and oxygen atoms in total. The lowest BCUT2D eigenvalue weighted by Gasteiger charge is -2.19. The number of hydrogen-bond donors (Lipinski definition) is 1. The summed E-state index contributed by atoms with van der Waals surface area (Å²) < 4.78 is 0. The van der Waals surface area contributed by atoms with Crippen LogP contribution in [0.2, 0.25) is 15.1 Å². The lowest BCUT2D eigenvalue weighted by Crippen LogP contribution is -2.16. The maximum absolute atomic E-state index is 9.70. The third kappa shape index (κ3) is 2.50. The Kier molecular flexibility index (Phi) is 3.13. The summed E-state index contributed by atoms with van der Waals surface area (Å²) in [6.45, 7) is 3.27. The van der Waals surface area contributed by atoms with E-state index in [1.54, 1.807) is 19.9 Å². The van der Waals surface area contributed by atoms with E-state index in [0.717, 1.165) is 0 Å². The van der Waals surface area contributed by atoms with Crippen molar-refractivity contribution >= 4 is 34.8 Å². The molecule has 0 saturated carbocycles. The van der Waals surface area contributed by atoms with Gasteiger partial charge in [0, 0.05) is 10.6 Å². The Bertz CT molecular complexity index is 328. The van der Waals surface area contributed by atoms with E-state index in [-0.39, 0.29) is 0 Å². The Balaban J connectivity index is 3.32. The van der Waals surface area contributed by atoms with Crippen molar-refractivity contribution in [2.24, 2.45) is 0 Å². The first-order chi connectivity index (χ1) is 5.82. The van der Waals surface area contributed by atoms with E-state index in [1.807, 2.05) is 0 Å². The Morgan fingerprint density at radius 3 is 1.92 bits per heavy atom. The molecule has 0 fully saturated rings. The van der Waals surface area contributed by atoms with Gasteiger partial charge in [0.05, 0.1) is 15.6 Å². The molecule has 0 unspecified atom stereocenters. The van der Waals surface area contributed by atoms with Crippen LogP contribution in [0.4, 0.5) is 0 Å². The average molecular weight is 240 g/mol. The van der Waals surface area contributed by atoms with Crippen molar-refractivity contribution in [3.05, 3.63) is 32.8 Å². The van der Waals surface area contributed by atoms with Gasteiger partial charge in [-0.15, -0.1) is 0 Å². The van der Waals surface area contributed by atoms with Gasteiger partial charge in [-0.1, -0.05) is 34.8 Å². The number of benzene rings is 1. The van der Waals surface area contributed by atoms with Crippen LogP contribution in [0.3, 0.4) is 0 Å². The first-order valence-electron chi connectivity index (χ1n) is 3.70. The minimum absolute atomic E-state index is 0.389. The molecular weight excluding hydrogens is 230 g/mol. The highest BCUT2D eigenvalue weighted by Crippen LogP contribution is 2.34. The average Bonchev–Trinajstić information content (AvgIpc) is 1.94. The van der Waals surface area contributed by atoms with Crippen molar-refractivity contribution < 1.29 is 5.11 Å². The van der Waals surface area contributed by atoms with Crippen LogP contribution in [-0.4, -0.2) is 5.11 Å². The smallest absolute Gasteiger partial charge is 0.0855 e. The van der Waals surface area contributed by atoms with Crippen molar-refractivity contribution in [1.82, 2.24) is 0 Å². The molecule has 0 radical (unpaired) electrons. The molecule has 0 aliphatic heterocycles. The van der Waals surface area contributed by atoms with Gasteiger partial charge in [0.25, 0.3) is 0 Å². The van der Waals surface area contributed by atoms with Gasteiger partial charge in [-0.25, -0.2) is 0 Å². The summed E-state index contributed by atoms with van der Waals surface area (Å²) in [6, 6.07) is 3.10. The zero-order valence-corrected chi connectivity index (χ0v) is 9.50. The minimum atomic E-state index is -1.01. The molecule has 4 heteroatoms. The molecule has 0 aliphatic carbocycles. The molecule has 1 aromatic rings. The van der Waals surface area contributed by atoms with Crippen LogP contribution in [0, 0.1) is 0 Å². The predicted octanol–water partition coefficient (Wildman–Crippen LogP) is 3.87. The molecule has 0 amide bonds. The highest BCUT2D eigenvalue weighted by molar-refractivity contribution is 6.43. The van der Waals surface area contributed by atoms with E-state index in [0.29, 0.717) is 20.6 Å². The van der Waals surface area contributed by atoms with Crippen LogP contribution in [0.5, 0.6) is 0 Å². The molecule has 0 heterocycles. The predicted molar refractivity (Wildman–Crippen MR) is 56.7 cm³/mol. The third-order valence-corrected chi connectivity index (χ3v) is 2.70. The van der Waals surface area contributed by atoms with Crippen LogP contribution in [0.25, 0.3) is 0 Å². The monoisotopic (exact) mass is 238 g/mol. The summed E-state index contributed by atoms with van der Waals surface area (Å²) >= 11 is 17.4. The second-order valence-corrected chi connectivity index (χ2v) is 4.53. The molecule has 0 saturated heterocycles. The number of halogens is 3. The zero-order valence-electron chi connectivity index (χ0n) is 7.24. The molecular formula is C9H9Cl3O. The largest absolute Gasteiger partial charge is 0.386 e. The summed E-state index contributed by atoms with van der Waals surface area (Å²) in [5.41, 5.74) is -0.436. The third-order valence-electron chi connectivity index (χ3n) is 1.67. The standard InChI is InChI=1S/C9H9Cl3O/c1-9(2,13)5-3-7(11)8(12)4-6(5)10/h3-4,13H,1-2H3.